The first-order valence-corrected chi connectivity index (χ1v) is 11.7. The van der Waals surface area contributed by atoms with Crippen LogP contribution in [-0.2, 0) is 6.54 Å². The van der Waals surface area contributed by atoms with Crippen LogP contribution < -0.4 is 9.64 Å². The number of H-pyrrole nitrogens is 1. The van der Waals surface area contributed by atoms with Crippen molar-refractivity contribution in [3.8, 4) is 17.0 Å². The molecule has 5 rings (SSSR count). The van der Waals surface area contributed by atoms with Gasteiger partial charge in [-0.05, 0) is 50.8 Å². The molecule has 1 aromatic carbocycles. The van der Waals surface area contributed by atoms with E-state index in [1.54, 1.807) is 7.11 Å². The molecule has 168 valence electrons. The number of nitrogens with one attached hydrogen (secondary N) is 1. The first-order chi connectivity index (χ1) is 15.7. The van der Waals surface area contributed by atoms with Gasteiger partial charge in [0.05, 0.1) is 19.0 Å². The van der Waals surface area contributed by atoms with Crippen molar-refractivity contribution in [3.63, 3.8) is 0 Å². The SMILES string of the molecule is COc1c(C)cccc1CN1CCC[C@@H](c2[nH]ncc2-c2ccnc(N3CCCC3)n2)C1. The highest BCUT2D eigenvalue weighted by atomic mass is 16.5. The molecular weight excluding hydrogens is 400 g/mol. The fourth-order valence-electron chi connectivity index (χ4n) is 5.18. The van der Waals surface area contributed by atoms with Crippen molar-refractivity contribution >= 4 is 5.95 Å². The van der Waals surface area contributed by atoms with Gasteiger partial charge in [-0.25, -0.2) is 9.97 Å². The van der Waals surface area contributed by atoms with Gasteiger partial charge >= 0.3 is 0 Å². The molecule has 0 spiro atoms. The number of benzene rings is 1. The molecule has 1 atom stereocenters. The summed E-state index contributed by atoms with van der Waals surface area (Å²) in [5, 5.41) is 7.72. The van der Waals surface area contributed by atoms with Crippen LogP contribution in [0.5, 0.6) is 5.75 Å². The summed E-state index contributed by atoms with van der Waals surface area (Å²) in [6.45, 7) is 7.19. The summed E-state index contributed by atoms with van der Waals surface area (Å²) in [4.78, 5) is 14.2. The molecule has 2 aliphatic rings. The van der Waals surface area contributed by atoms with Gasteiger partial charge in [0, 0.05) is 55.1 Å². The lowest BCUT2D eigenvalue weighted by Crippen LogP contribution is -2.34. The summed E-state index contributed by atoms with van der Waals surface area (Å²) in [6.07, 6.45) is 8.56. The Morgan fingerprint density at radius 3 is 2.84 bits per heavy atom. The number of aryl methyl sites for hydroxylation is 1. The van der Waals surface area contributed by atoms with E-state index in [9.17, 15) is 0 Å². The van der Waals surface area contributed by atoms with Crippen molar-refractivity contribution < 1.29 is 4.74 Å². The van der Waals surface area contributed by atoms with E-state index in [1.165, 1.54) is 36.1 Å². The van der Waals surface area contributed by atoms with E-state index in [1.807, 2.05) is 18.5 Å². The number of aromatic nitrogens is 4. The first kappa shape index (κ1) is 20.9. The number of ether oxygens (including phenoxy) is 1. The van der Waals surface area contributed by atoms with Crippen LogP contribution in [0.2, 0.25) is 0 Å². The van der Waals surface area contributed by atoms with E-state index in [0.29, 0.717) is 5.92 Å². The Balaban J connectivity index is 1.35. The molecule has 4 heterocycles. The van der Waals surface area contributed by atoms with E-state index in [2.05, 4.69) is 50.1 Å². The molecule has 1 N–H and O–H groups in total. The highest BCUT2D eigenvalue weighted by molar-refractivity contribution is 5.63. The van der Waals surface area contributed by atoms with Gasteiger partial charge in [-0.3, -0.25) is 10.00 Å². The maximum Gasteiger partial charge on any atom is 0.225 e. The van der Waals surface area contributed by atoms with Crippen molar-refractivity contribution in [1.82, 2.24) is 25.1 Å². The third-order valence-electron chi connectivity index (χ3n) is 6.78. The Bertz CT molecular complexity index is 1060. The minimum Gasteiger partial charge on any atom is -0.496 e. The molecule has 0 aliphatic carbocycles. The average Bonchev–Trinajstić information content (AvgIpc) is 3.52. The van der Waals surface area contributed by atoms with Gasteiger partial charge in [0.15, 0.2) is 0 Å². The molecule has 7 nitrogen and oxygen atoms in total. The third kappa shape index (κ3) is 4.21. The molecule has 0 amide bonds. The first-order valence-electron chi connectivity index (χ1n) is 11.7. The third-order valence-corrected chi connectivity index (χ3v) is 6.78. The summed E-state index contributed by atoms with van der Waals surface area (Å²) >= 11 is 0. The topological polar surface area (TPSA) is 70.2 Å². The quantitative estimate of drug-likeness (QED) is 0.631. The maximum atomic E-state index is 5.69. The van der Waals surface area contributed by atoms with Gasteiger partial charge < -0.3 is 9.64 Å². The number of aromatic amines is 1. The Morgan fingerprint density at radius 1 is 1.12 bits per heavy atom. The summed E-state index contributed by atoms with van der Waals surface area (Å²) in [5.74, 6) is 2.25. The van der Waals surface area contributed by atoms with E-state index in [-0.39, 0.29) is 0 Å². The number of hydrogen-bond acceptors (Lipinski definition) is 6. The Hall–Kier alpha value is -2.93. The predicted octanol–water partition coefficient (Wildman–Crippen LogP) is 4.16. The van der Waals surface area contributed by atoms with E-state index in [0.717, 1.165) is 62.1 Å². The zero-order valence-electron chi connectivity index (χ0n) is 19.0. The van der Waals surface area contributed by atoms with Crippen molar-refractivity contribution in [3.05, 3.63) is 53.5 Å². The number of rotatable bonds is 6. The van der Waals surface area contributed by atoms with Crippen LogP contribution in [-0.4, -0.2) is 58.4 Å². The van der Waals surface area contributed by atoms with E-state index < -0.39 is 0 Å². The second-order valence-electron chi connectivity index (χ2n) is 8.97. The number of anilines is 1. The Kier molecular flexibility index (Phi) is 6.08. The van der Waals surface area contributed by atoms with Gasteiger partial charge in [0.25, 0.3) is 0 Å². The minimum atomic E-state index is 0.405. The molecule has 0 saturated carbocycles. The lowest BCUT2D eigenvalue weighted by atomic mass is 9.91. The highest BCUT2D eigenvalue weighted by Gasteiger charge is 2.26. The van der Waals surface area contributed by atoms with Crippen LogP contribution in [0.1, 0.15) is 48.4 Å². The molecule has 0 unspecified atom stereocenters. The van der Waals surface area contributed by atoms with Gasteiger partial charge in [-0.1, -0.05) is 18.2 Å². The number of likely N-dealkylation sites (tertiary alicyclic amines) is 1. The largest absolute Gasteiger partial charge is 0.496 e. The second-order valence-corrected chi connectivity index (χ2v) is 8.97. The number of nitrogens with zero attached hydrogens (tertiary/aromatic N) is 5. The molecule has 7 heteroatoms. The summed E-state index contributed by atoms with van der Waals surface area (Å²) < 4.78 is 5.69. The predicted molar refractivity (Wildman–Crippen MR) is 126 cm³/mol. The van der Waals surface area contributed by atoms with Crippen molar-refractivity contribution in [2.24, 2.45) is 0 Å². The van der Waals surface area contributed by atoms with E-state index >= 15 is 0 Å². The highest BCUT2D eigenvalue weighted by Crippen LogP contribution is 2.34. The molecule has 2 aromatic heterocycles. The molecule has 2 saturated heterocycles. The normalized spacial score (nSPS) is 19.4. The number of hydrogen-bond donors (Lipinski definition) is 1. The summed E-state index contributed by atoms with van der Waals surface area (Å²) in [6, 6.07) is 8.41. The van der Waals surface area contributed by atoms with Crippen LogP contribution in [0, 0.1) is 6.92 Å². The van der Waals surface area contributed by atoms with Crippen LogP contribution in [0.4, 0.5) is 5.95 Å². The zero-order valence-corrected chi connectivity index (χ0v) is 19.0. The van der Waals surface area contributed by atoms with Crippen LogP contribution >= 0.6 is 0 Å². The molecular formula is C25H32N6O. The lowest BCUT2D eigenvalue weighted by molar-refractivity contribution is 0.196. The fraction of sp³-hybridized carbons (Fsp3) is 0.480. The molecule has 3 aromatic rings. The van der Waals surface area contributed by atoms with Crippen molar-refractivity contribution in [2.45, 2.75) is 45.1 Å². The van der Waals surface area contributed by atoms with Gasteiger partial charge in [-0.2, -0.15) is 5.10 Å². The number of methoxy groups -OCH3 is 1. The molecule has 0 bridgehead atoms. The number of piperidine rings is 1. The monoisotopic (exact) mass is 432 g/mol. The standard InChI is InChI=1S/C25H32N6O/c1-18-7-5-8-20(24(18)32-2)17-30-12-6-9-19(16-30)23-21(15-27-29-23)22-10-11-26-25(28-22)31-13-3-4-14-31/h5,7-8,10-11,15,19H,3-4,6,9,12-14,16-17H2,1-2H3,(H,27,29)/t19-/m1/s1. The Morgan fingerprint density at radius 2 is 2.00 bits per heavy atom. The minimum absolute atomic E-state index is 0.405. The lowest BCUT2D eigenvalue weighted by Gasteiger charge is -2.33. The summed E-state index contributed by atoms with van der Waals surface area (Å²) in [7, 11) is 1.76. The van der Waals surface area contributed by atoms with Crippen LogP contribution in [0.25, 0.3) is 11.3 Å². The zero-order chi connectivity index (χ0) is 21.9. The second kappa shape index (κ2) is 9.28. The van der Waals surface area contributed by atoms with Gasteiger partial charge in [-0.15, -0.1) is 0 Å². The average molecular weight is 433 g/mol. The van der Waals surface area contributed by atoms with Gasteiger partial charge in [0.1, 0.15) is 5.75 Å². The summed E-state index contributed by atoms with van der Waals surface area (Å²) in [5.41, 5.74) is 5.70. The number of para-hydroxylation sites is 1. The van der Waals surface area contributed by atoms with E-state index in [4.69, 9.17) is 9.72 Å². The van der Waals surface area contributed by atoms with Crippen LogP contribution in [0.15, 0.2) is 36.7 Å². The molecule has 2 fully saturated rings. The molecule has 0 radical (unpaired) electrons. The maximum absolute atomic E-state index is 5.69. The molecule has 32 heavy (non-hydrogen) atoms. The van der Waals surface area contributed by atoms with Gasteiger partial charge in [0.2, 0.25) is 5.95 Å². The van der Waals surface area contributed by atoms with Crippen LogP contribution in [0.3, 0.4) is 0 Å². The Labute approximate surface area is 189 Å². The van der Waals surface area contributed by atoms with Crippen molar-refractivity contribution in [1.29, 1.82) is 0 Å². The molecule has 2 aliphatic heterocycles. The fourth-order valence-corrected chi connectivity index (χ4v) is 5.18. The smallest absolute Gasteiger partial charge is 0.225 e. The van der Waals surface area contributed by atoms with Crippen molar-refractivity contribution in [2.75, 3.05) is 38.2 Å².